The first-order valence-corrected chi connectivity index (χ1v) is 17.6. The number of rotatable bonds is 9. The van der Waals surface area contributed by atoms with Gasteiger partial charge in [-0.3, -0.25) is 19.3 Å². The minimum Gasteiger partial charge on any atom is -0.497 e. The van der Waals surface area contributed by atoms with Crippen molar-refractivity contribution in [3.8, 4) is 11.5 Å². The van der Waals surface area contributed by atoms with Crippen LogP contribution < -0.4 is 14.2 Å². The molecule has 0 bridgehead atoms. The van der Waals surface area contributed by atoms with E-state index >= 15 is 0 Å². The van der Waals surface area contributed by atoms with Crippen LogP contribution >= 0.6 is 0 Å². The minimum absolute atomic E-state index is 0.0300. The van der Waals surface area contributed by atoms with Gasteiger partial charge >= 0.3 is 0 Å². The molecule has 0 radical (unpaired) electrons. The number of fused-ring (bicyclic) bond motifs is 1. The fourth-order valence-corrected chi connectivity index (χ4v) is 6.53. The Balaban J connectivity index is 1.65. The summed E-state index contributed by atoms with van der Waals surface area (Å²) in [5, 5.41) is 10.2. The van der Waals surface area contributed by atoms with Gasteiger partial charge < -0.3 is 29.1 Å². The van der Waals surface area contributed by atoms with E-state index in [1.165, 1.54) is 25.3 Å². The number of methoxy groups -OCH3 is 1. The number of amides is 2. The summed E-state index contributed by atoms with van der Waals surface area (Å²) in [4.78, 5) is 34.7. The number of hydrogen-bond donors (Lipinski definition) is 2. The molecule has 0 saturated heterocycles. The Morgan fingerprint density at radius 2 is 1.83 bits per heavy atom. The van der Waals surface area contributed by atoms with Crippen molar-refractivity contribution in [3.05, 3.63) is 78.1 Å². The number of carbonyl (C=O) groups is 2. The molecule has 2 N–H and O–H groups in total. The van der Waals surface area contributed by atoms with E-state index in [0.717, 1.165) is 12.8 Å². The molecule has 48 heavy (non-hydrogen) atoms. The van der Waals surface area contributed by atoms with E-state index in [-0.39, 0.29) is 53.8 Å². The number of aliphatic hydroxyl groups excluding tert-OH is 1. The normalized spacial score (nSPS) is 20.1. The molecule has 4 atom stereocenters. The number of sulfonamides is 1. The Bertz CT molecular complexity index is 1620. The smallest absolute Gasteiger partial charge is 0.261 e. The Morgan fingerprint density at radius 1 is 1.12 bits per heavy atom. The molecule has 1 aromatic heterocycles. The van der Waals surface area contributed by atoms with Gasteiger partial charge in [-0.1, -0.05) is 6.92 Å². The molecule has 4 rings (SSSR count). The minimum atomic E-state index is -3.99. The van der Waals surface area contributed by atoms with Gasteiger partial charge in [0.25, 0.3) is 21.8 Å². The lowest BCUT2D eigenvalue weighted by Crippen LogP contribution is -2.48. The van der Waals surface area contributed by atoms with Crippen LogP contribution in [0.5, 0.6) is 11.5 Å². The van der Waals surface area contributed by atoms with Gasteiger partial charge in [-0.15, -0.1) is 0 Å². The van der Waals surface area contributed by atoms with Gasteiger partial charge in [-0.05, 0) is 87.7 Å². The van der Waals surface area contributed by atoms with Crippen molar-refractivity contribution in [1.82, 2.24) is 14.8 Å². The van der Waals surface area contributed by atoms with Crippen LogP contribution in [-0.4, -0.2) is 98.8 Å². The molecule has 0 fully saturated rings. The summed E-state index contributed by atoms with van der Waals surface area (Å²) >= 11 is 0. The molecule has 0 saturated carbocycles. The lowest BCUT2D eigenvalue weighted by Gasteiger charge is -2.36. The van der Waals surface area contributed by atoms with Crippen LogP contribution in [0.2, 0.25) is 0 Å². The van der Waals surface area contributed by atoms with Gasteiger partial charge in [0.15, 0.2) is 0 Å². The molecule has 12 nitrogen and oxygen atoms in total. The summed E-state index contributed by atoms with van der Waals surface area (Å²) in [5.41, 5.74) is 0.844. The summed E-state index contributed by atoms with van der Waals surface area (Å²) in [7, 11) is -0.784. The zero-order valence-electron chi connectivity index (χ0n) is 28.2. The molecule has 1 aliphatic heterocycles. The van der Waals surface area contributed by atoms with E-state index in [1.54, 1.807) is 72.6 Å². The zero-order chi connectivity index (χ0) is 34.8. The third kappa shape index (κ3) is 9.45. The maximum absolute atomic E-state index is 14.4. The van der Waals surface area contributed by atoms with E-state index in [0.29, 0.717) is 30.1 Å². The first kappa shape index (κ1) is 36.6. The average molecular weight is 683 g/mol. The summed E-state index contributed by atoms with van der Waals surface area (Å²) in [6.45, 7) is 6.24. The van der Waals surface area contributed by atoms with Crippen LogP contribution in [0.15, 0.2) is 71.9 Å². The van der Waals surface area contributed by atoms with E-state index < -0.39 is 28.1 Å². The fraction of sp³-hybridized carbons (Fsp3) is 0.457. The third-order valence-corrected chi connectivity index (χ3v) is 9.80. The van der Waals surface area contributed by atoms with Crippen LogP contribution in [0, 0.1) is 5.92 Å². The molecule has 1 aliphatic rings. The van der Waals surface area contributed by atoms with Gasteiger partial charge in [0.2, 0.25) is 0 Å². The lowest BCUT2D eigenvalue weighted by molar-refractivity contribution is -0.0149. The van der Waals surface area contributed by atoms with Crippen molar-refractivity contribution in [2.75, 3.05) is 45.2 Å². The first-order chi connectivity index (χ1) is 22.9. The number of nitrogens with zero attached hydrogens (tertiary/aromatic N) is 3. The molecule has 2 amide bonds. The number of nitrogens with one attached hydrogen (secondary N) is 1. The van der Waals surface area contributed by atoms with Gasteiger partial charge in [-0.2, -0.15) is 0 Å². The highest BCUT2D eigenvalue weighted by Gasteiger charge is 2.31. The van der Waals surface area contributed by atoms with Crippen LogP contribution in [0.1, 0.15) is 60.7 Å². The quantitative estimate of drug-likeness (QED) is 0.334. The van der Waals surface area contributed by atoms with Crippen LogP contribution in [0.4, 0.5) is 5.69 Å². The van der Waals surface area contributed by atoms with Crippen molar-refractivity contribution in [2.24, 2.45) is 5.92 Å². The topological polar surface area (TPSA) is 148 Å². The Labute approximate surface area is 283 Å². The highest BCUT2D eigenvalue weighted by Crippen LogP contribution is 2.30. The summed E-state index contributed by atoms with van der Waals surface area (Å²) < 4.78 is 46.8. The van der Waals surface area contributed by atoms with Crippen LogP contribution in [0.25, 0.3) is 0 Å². The number of hydrogen-bond acceptors (Lipinski definition) is 9. The molecule has 13 heteroatoms. The average Bonchev–Trinajstić information content (AvgIpc) is 3.09. The predicted molar refractivity (Wildman–Crippen MR) is 182 cm³/mol. The summed E-state index contributed by atoms with van der Waals surface area (Å²) in [5.74, 6) is -0.0279. The molecular weight excluding hydrogens is 636 g/mol. The lowest BCUT2D eigenvalue weighted by atomic mass is 10.0. The molecule has 0 aliphatic carbocycles. The van der Waals surface area contributed by atoms with Gasteiger partial charge in [0.1, 0.15) is 11.5 Å². The number of benzene rings is 2. The van der Waals surface area contributed by atoms with Crippen LogP contribution in [-0.2, 0) is 14.8 Å². The standard InChI is InChI=1S/C35H46N4O8S/c1-24-21-39(25(2)23-40)35(42)31-20-28(37-48(43,44)30-12-10-29(45-5)11-13-30)9-14-32(31)47-26(3)8-6-7-19-46-33(24)22-38(4)34(41)27-15-17-36-18-16-27/h9-18,20,24-26,33,37,40H,6-8,19,21-23H2,1-5H3/t24-,25+,26-,33+/m0/s1. The number of pyridine rings is 1. The Hall–Kier alpha value is -4.20. The number of likely N-dealkylation sites (N-methyl/N-ethyl adjacent to an activating group) is 1. The predicted octanol–water partition coefficient (Wildman–Crippen LogP) is 4.46. The fourth-order valence-electron chi connectivity index (χ4n) is 5.49. The van der Waals surface area contributed by atoms with Crippen molar-refractivity contribution in [1.29, 1.82) is 0 Å². The van der Waals surface area contributed by atoms with Gasteiger partial charge in [0, 0.05) is 56.3 Å². The highest BCUT2D eigenvalue weighted by atomic mass is 32.2. The van der Waals surface area contributed by atoms with Crippen molar-refractivity contribution in [3.63, 3.8) is 0 Å². The molecular formula is C35H46N4O8S. The molecule has 2 aromatic carbocycles. The van der Waals surface area contributed by atoms with Crippen molar-refractivity contribution >= 4 is 27.5 Å². The molecule has 260 valence electrons. The summed E-state index contributed by atoms with van der Waals surface area (Å²) in [6.07, 6.45) is 4.75. The van der Waals surface area contributed by atoms with Crippen LogP contribution in [0.3, 0.4) is 0 Å². The maximum atomic E-state index is 14.4. The molecule has 2 heterocycles. The van der Waals surface area contributed by atoms with E-state index in [1.807, 2.05) is 13.8 Å². The van der Waals surface area contributed by atoms with Crippen molar-refractivity contribution < 1.29 is 37.3 Å². The number of anilines is 1. The van der Waals surface area contributed by atoms with Crippen molar-refractivity contribution in [2.45, 2.75) is 63.2 Å². The summed E-state index contributed by atoms with van der Waals surface area (Å²) in [6, 6.07) is 13.3. The Morgan fingerprint density at radius 3 is 2.50 bits per heavy atom. The van der Waals surface area contributed by atoms with Gasteiger partial charge in [-0.25, -0.2) is 8.42 Å². The number of ether oxygens (including phenoxy) is 3. The largest absolute Gasteiger partial charge is 0.497 e. The number of aromatic nitrogens is 1. The first-order valence-electron chi connectivity index (χ1n) is 16.1. The van der Waals surface area contributed by atoms with Gasteiger partial charge in [0.05, 0.1) is 42.4 Å². The molecule has 3 aromatic rings. The highest BCUT2D eigenvalue weighted by molar-refractivity contribution is 7.92. The second-order valence-electron chi connectivity index (χ2n) is 12.2. The second kappa shape index (κ2) is 16.8. The Kier molecular flexibility index (Phi) is 12.8. The number of carbonyl (C=O) groups excluding carboxylic acids is 2. The number of aliphatic hydroxyl groups is 1. The van der Waals surface area contributed by atoms with E-state index in [4.69, 9.17) is 14.2 Å². The second-order valence-corrected chi connectivity index (χ2v) is 13.9. The van der Waals surface area contributed by atoms with E-state index in [2.05, 4.69) is 9.71 Å². The molecule has 0 unspecified atom stereocenters. The van der Waals surface area contributed by atoms with E-state index in [9.17, 15) is 23.1 Å². The third-order valence-electron chi connectivity index (χ3n) is 8.40. The maximum Gasteiger partial charge on any atom is 0.261 e. The zero-order valence-corrected chi connectivity index (χ0v) is 29.0. The molecule has 0 spiro atoms. The SMILES string of the molecule is COc1ccc(S(=O)(=O)Nc2ccc3c(c2)C(=O)N([C@H](C)CO)C[C@H](C)[C@@H](CN(C)C(=O)c2ccncc2)OCCCC[C@H](C)O3)cc1. The monoisotopic (exact) mass is 682 g/mol.